The number of hydrogen-bond acceptors (Lipinski definition) is 4. The number of carbonyl (C=O) groups excluding carboxylic acids is 3. The summed E-state index contributed by atoms with van der Waals surface area (Å²) in [6, 6.07) is 35.8. The topological polar surface area (TPSA) is 75.3 Å². The maximum absolute atomic E-state index is 14.4. The smallest absolute Gasteiger partial charge is 0.272 e. The van der Waals surface area contributed by atoms with Crippen molar-refractivity contribution in [2.45, 2.75) is 11.3 Å². The molecule has 0 aromatic heterocycles. The third-order valence-corrected chi connectivity index (χ3v) is 8.34. The van der Waals surface area contributed by atoms with Gasteiger partial charge in [-0.25, -0.2) is 4.39 Å². The van der Waals surface area contributed by atoms with Crippen LogP contribution in [0.15, 0.2) is 132 Å². The van der Waals surface area contributed by atoms with E-state index in [1.165, 1.54) is 52.2 Å². The van der Waals surface area contributed by atoms with Gasteiger partial charge in [-0.05, 0) is 83.3 Å². The number of amides is 2. The first-order valence-electron chi connectivity index (χ1n) is 14.1. The molecule has 1 aliphatic rings. The second-order valence-corrected chi connectivity index (χ2v) is 11.3. The number of hydrogen-bond donors (Lipinski definition) is 2. The Morgan fingerprint density at radius 2 is 1.43 bits per heavy atom. The fourth-order valence-electron chi connectivity index (χ4n) is 5.07. The Morgan fingerprint density at radius 1 is 0.727 bits per heavy atom. The number of rotatable bonds is 9. The summed E-state index contributed by atoms with van der Waals surface area (Å²) in [7, 11) is 0. The van der Waals surface area contributed by atoms with Gasteiger partial charge in [0.25, 0.3) is 11.8 Å². The van der Waals surface area contributed by atoms with Crippen LogP contribution in [0.3, 0.4) is 0 Å². The predicted molar refractivity (Wildman–Crippen MR) is 173 cm³/mol. The van der Waals surface area contributed by atoms with Crippen LogP contribution in [0.25, 0.3) is 17.2 Å². The number of nitrogens with one attached hydrogen (secondary N) is 2. The zero-order valence-electron chi connectivity index (χ0n) is 23.5. The van der Waals surface area contributed by atoms with E-state index in [4.69, 9.17) is 0 Å². The van der Waals surface area contributed by atoms with Crippen molar-refractivity contribution >= 4 is 41.1 Å². The van der Waals surface area contributed by atoms with Crippen LogP contribution < -0.4 is 10.6 Å². The summed E-state index contributed by atoms with van der Waals surface area (Å²) >= 11 is 1.41. The third kappa shape index (κ3) is 6.53. The lowest BCUT2D eigenvalue weighted by molar-refractivity contribution is -0.113. The Morgan fingerprint density at radius 3 is 2.23 bits per heavy atom. The average Bonchev–Trinajstić information content (AvgIpc) is 3.43. The first-order valence-corrected chi connectivity index (χ1v) is 15.0. The molecule has 0 saturated carbocycles. The zero-order chi connectivity index (χ0) is 30.5. The highest BCUT2D eigenvalue weighted by molar-refractivity contribution is 8.00. The lowest BCUT2D eigenvalue weighted by Gasteiger charge is -2.12. The highest BCUT2D eigenvalue weighted by Crippen LogP contribution is 2.37. The van der Waals surface area contributed by atoms with Crippen molar-refractivity contribution < 1.29 is 18.8 Å². The van der Waals surface area contributed by atoms with E-state index in [0.29, 0.717) is 16.8 Å². The van der Waals surface area contributed by atoms with Crippen molar-refractivity contribution in [2.75, 3.05) is 11.1 Å². The Bertz CT molecular complexity index is 1900. The van der Waals surface area contributed by atoms with Gasteiger partial charge in [-0.1, -0.05) is 72.8 Å². The average molecular weight is 599 g/mol. The molecule has 0 saturated heterocycles. The van der Waals surface area contributed by atoms with Gasteiger partial charge >= 0.3 is 0 Å². The van der Waals surface area contributed by atoms with Crippen molar-refractivity contribution in [3.8, 4) is 11.1 Å². The zero-order valence-corrected chi connectivity index (χ0v) is 24.4. The van der Waals surface area contributed by atoms with Gasteiger partial charge in [0, 0.05) is 27.3 Å². The Balaban J connectivity index is 1.10. The van der Waals surface area contributed by atoms with Gasteiger partial charge in [0.05, 0.1) is 5.75 Å². The summed E-state index contributed by atoms with van der Waals surface area (Å²) in [6.45, 7) is 0. The summed E-state index contributed by atoms with van der Waals surface area (Å²) in [6.07, 6.45) is 2.14. The molecule has 6 rings (SSSR count). The summed E-state index contributed by atoms with van der Waals surface area (Å²) in [5.74, 6) is -1.30. The molecule has 44 heavy (non-hydrogen) atoms. The van der Waals surface area contributed by atoms with E-state index in [0.717, 1.165) is 11.3 Å². The molecule has 1 aliphatic carbocycles. The van der Waals surface area contributed by atoms with Crippen LogP contribution in [0.5, 0.6) is 0 Å². The first-order chi connectivity index (χ1) is 21.4. The van der Waals surface area contributed by atoms with Crippen molar-refractivity contribution in [3.63, 3.8) is 0 Å². The molecule has 2 amide bonds. The van der Waals surface area contributed by atoms with E-state index in [9.17, 15) is 18.8 Å². The van der Waals surface area contributed by atoms with Gasteiger partial charge in [0.1, 0.15) is 11.5 Å². The maximum atomic E-state index is 14.4. The number of Topliss-reactive ketones (excluding diaryl/α,β-unsaturated/α-hetero) is 1. The highest BCUT2D eigenvalue weighted by atomic mass is 32.2. The van der Waals surface area contributed by atoms with Crippen molar-refractivity contribution in [2.24, 2.45) is 0 Å². The molecule has 5 aromatic rings. The first kappa shape index (κ1) is 28.8. The normalized spacial score (nSPS) is 11.8. The quantitative estimate of drug-likeness (QED) is 0.101. The number of ketones is 1. The van der Waals surface area contributed by atoms with E-state index < -0.39 is 17.6 Å². The number of thioether (sulfide) groups is 1. The summed E-state index contributed by atoms with van der Waals surface area (Å²) in [5.41, 5.74) is 6.47. The molecule has 0 bridgehead atoms. The van der Waals surface area contributed by atoms with Gasteiger partial charge < -0.3 is 10.6 Å². The van der Waals surface area contributed by atoms with Crippen LogP contribution in [0.4, 0.5) is 10.1 Å². The van der Waals surface area contributed by atoms with Gasteiger partial charge in [0.15, 0.2) is 5.78 Å². The maximum Gasteiger partial charge on any atom is 0.272 e. The minimum atomic E-state index is -0.605. The minimum Gasteiger partial charge on any atom is -0.321 e. The van der Waals surface area contributed by atoms with Crippen molar-refractivity contribution in [3.05, 3.63) is 161 Å². The molecule has 5 nitrogen and oxygen atoms in total. The van der Waals surface area contributed by atoms with E-state index in [1.807, 2.05) is 42.5 Å². The number of carbonyl (C=O) groups is 3. The van der Waals surface area contributed by atoms with Crippen LogP contribution in [0, 0.1) is 5.82 Å². The summed E-state index contributed by atoms with van der Waals surface area (Å²) < 4.78 is 14.4. The lowest BCUT2D eigenvalue weighted by atomic mass is 10.0. The second kappa shape index (κ2) is 12.9. The Kier molecular flexibility index (Phi) is 8.48. The van der Waals surface area contributed by atoms with Crippen LogP contribution in [0.2, 0.25) is 0 Å². The molecule has 2 N–H and O–H groups in total. The van der Waals surface area contributed by atoms with Gasteiger partial charge in [-0.15, -0.1) is 11.8 Å². The fourth-order valence-corrected chi connectivity index (χ4v) is 5.87. The SMILES string of the molecule is O=C(Nc1ccc(SCC(=O)c2ccc3c(c2)Cc2ccccc2-3)cc1)/C(=C/c1ccccc1F)NC(=O)c1ccccc1. The monoisotopic (exact) mass is 598 g/mol. The van der Waals surface area contributed by atoms with E-state index in [1.54, 1.807) is 54.6 Å². The molecule has 216 valence electrons. The lowest BCUT2D eigenvalue weighted by Crippen LogP contribution is -2.30. The van der Waals surface area contributed by atoms with Gasteiger partial charge in [-0.2, -0.15) is 0 Å². The van der Waals surface area contributed by atoms with Crippen LogP contribution >= 0.6 is 11.8 Å². The Labute approximate surface area is 258 Å². The molecule has 0 aliphatic heterocycles. The molecular formula is C37H27FN2O3S. The molecule has 0 radical (unpaired) electrons. The van der Waals surface area contributed by atoms with E-state index >= 15 is 0 Å². The van der Waals surface area contributed by atoms with Gasteiger partial charge in [-0.3, -0.25) is 14.4 Å². The molecule has 0 heterocycles. The standard InChI is InChI=1S/C37H27FN2O3S/c38-33-13-7-5-11-26(33)22-34(40-36(42)24-8-2-1-3-9-24)37(43)39-29-15-17-30(18-16-29)44-23-35(41)27-14-19-32-28(21-27)20-25-10-4-6-12-31(25)32/h1-19,21-22H,20,23H2,(H,39,43)(H,40,42)/b34-22-. The van der Waals surface area contributed by atoms with Crippen LogP contribution in [-0.4, -0.2) is 23.4 Å². The fraction of sp³-hybridized carbons (Fsp3) is 0.0541. The molecule has 0 atom stereocenters. The summed E-state index contributed by atoms with van der Waals surface area (Å²) in [4.78, 5) is 39.9. The molecule has 7 heteroatoms. The Hall–Kier alpha value is -5.27. The molecule has 0 fully saturated rings. The number of halogens is 1. The van der Waals surface area contributed by atoms with Gasteiger partial charge in [0.2, 0.25) is 0 Å². The second-order valence-electron chi connectivity index (χ2n) is 10.3. The molecule has 0 unspecified atom stereocenters. The molecule has 0 spiro atoms. The predicted octanol–water partition coefficient (Wildman–Crippen LogP) is 7.78. The largest absolute Gasteiger partial charge is 0.321 e. The highest BCUT2D eigenvalue weighted by Gasteiger charge is 2.20. The number of benzene rings is 5. The minimum absolute atomic E-state index is 0.0446. The van der Waals surface area contributed by atoms with Crippen LogP contribution in [-0.2, 0) is 11.2 Å². The van der Waals surface area contributed by atoms with E-state index in [2.05, 4.69) is 22.8 Å². The van der Waals surface area contributed by atoms with E-state index in [-0.39, 0.29) is 22.8 Å². The van der Waals surface area contributed by atoms with Crippen LogP contribution in [0.1, 0.15) is 37.4 Å². The third-order valence-electron chi connectivity index (χ3n) is 7.33. The molecule has 5 aromatic carbocycles. The number of fused-ring (bicyclic) bond motifs is 3. The van der Waals surface area contributed by atoms with Crippen molar-refractivity contribution in [1.29, 1.82) is 0 Å². The van der Waals surface area contributed by atoms with Crippen molar-refractivity contribution in [1.82, 2.24) is 5.32 Å². The number of anilines is 1. The molecular weight excluding hydrogens is 571 g/mol. The summed E-state index contributed by atoms with van der Waals surface area (Å²) in [5, 5.41) is 5.38.